The van der Waals surface area contributed by atoms with E-state index in [1.165, 1.54) is 0 Å². The highest BCUT2D eigenvalue weighted by Crippen LogP contribution is 2.16. The lowest BCUT2D eigenvalue weighted by molar-refractivity contribution is 0.0941. The molecule has 0 aliphatic carbocycles. The molecule has 2 aromatic rings. The van der Waals surface area contributed by atoms with Gasteiger partial charge < -0.3 is 10.6 Å². The third-order valence-corrected chi connectivity index (χ3v) is 3.05. The molecule has 0 radical (unpaired) electrons. The van der Waals surface area contributed by atoms with Crippen LogP contribution in [0.3, 0.4) is 0 Å². The normalized spacial score (nSPS) is 10.4. The largest absolute Gasteiger partial charge is 0.350 e. The lowest BCUT2D eigenvalue weighted by atomic mass is 10.1. The van der Waals surface area contributed by atoms with E-state index in [0.29, 0.717) is 16.8 Å². The second kappa shape index (κ2) is 6.89. The van der Waals surface area contributed by atoms with Gasteiger partial charge in [0.25, 0.3) is 11.8 Å². The number of amides is 2. The van der Waals surface area contributed by atoms with E-state index >= 15 is 0 Å². The van der Waals surface area contributed by atoms with Gasteiger partial charge in [-0.15, -0.1) is 0 Å². The van der Waals surface area contributed by atoms with Crippen LogP contribution >= 0.6 is 0 Å². The van der Waals surface area contributed by atoms with Crippen molar-refractivity contribution in [1.29, 1.82) is 0 Å². The minimum atomic E-state index is -0.193. The van der Waals surface area contributed by atoms with Crippen molar-refractivity contribution in [3.05, 3.63) is 65.2 Å². The van der Waals surface area contributed by atoms with Crippen LogP contribution in [0.1, 0.15) is 40.1 Å². The molecule has 2 amide bonds. The number of benzene rings is 2. The number of carbonyl (C=O) groups is 2. The lowest BCUT2D eigenvalue weighted by Crippen LogP contribution is -2.30. The van der Waals surface area contributed by atoms with Gasteiger partial charge in [0.15, 0.2) is 0 Å². The Kier molecular flexibility index (Phi) is 4.94. The maximum atomic E-state index is 12.2. The summed E-state index contributed by atoms with van der Waals surface area (Å²) < 4.78 is 0. The van der Waals surface area contributed by atoms with Gasteiger partial charge in [-0.25, -0.2) is 0 Å². The number of hydrogen-bond acceptors (Lipinski definition) is 2. The molecular weight excluding hydrogens is 276 g/mol. The molecule has 22 heavy (non-hydrogen) atoms. The van der Waals surface area contributed by atoms with E-state index in [1.54, 1.807) is 24.3 Å². The first kappa shape index (κ1) is 15.8. The molecule has 0 heterocycles. The molecule has 0 aromatic heterocycles. The third kappa shape index (κ3) is 4.19. The molecule has 2 aromatic carbocycles. The van der Waals surface area contributed by atoms with Gasteiger partial charge in [-0.2, -0.15) is 0 Å². The van der Waals surface area contributed by atoms with Crippen molar-refractivity contribution in [3.63, 3.8) is 0 Å². The van der Waals surface area contributed by atoms with Crippen LogP contribution in [0.4, 0.5) is 5.69 Å². The van der Waals surface area contributed by atoms with E-state index in [2.05, 4.69) is 10.6 Å². The van der Waals surface area contributed by atoms with Crippen LogP contribution in [0, 0.1) is 6.92 Å². The second-order valence-electron chi connectivity index (χ2n) is 5.54. The number of hydrogen-bond donors (Lipinski definition) is 2. The van der Waals surface area contributed by atoms with Crippen molar-refractivity contribution in [1.82, 2.24) is 5.32 Å². The lowest BCUT2D eigenvalue weighted by Gasteiger charge is -2.11. The second-order valence-corrected chi connectivity index (χ2v) is 5.54. The molecule has 0 fully saturated rings. The molecule has 0 spiro atoms. The van der Waals surface area contributed by atoms with E-state index in [4.69, 9.17) is 0 Å². The van der Waals surface area contributed by atoms with Gasteiger partial charge in [0.05, 0.1) is 0 Å². The molecule has 0 atom stereocenters. The quantitative estimate of drug-likeness (QED) is 0.908. The summed E-state index contributed by atoms with van der Waals surface area (Å²) in [5.41, 5.74) is 2.65. The monoisotopic (exact) mass is 296 g/mol. The Labute approximate surface area is 130 Å². The highest BCUT2D eigenvalue weighted by Gasteiger charge is 2.11. The molecule has 0 saturated carbocycles. The predicted octanol–water partition coefficient (Wildman–Crippen LogP) is 3.39. The smallest absolute Gasteiger partial charge is 0.255 e. The Morgan fingerprint density at radius 1 is 0.909 bits per heavy atom. The van der Waals surface area contributed by atoms with Crippen LogP contribution in [0.2, 0.25) is 0 Å². The maximum Gasteiger partial charge on any atom is 0.255 e. The van der Waals surface area contributed by atoms with Crippen LogP contribution in [0.15, 0.2) is 48.5 Å². The summed E-state index contributed by atoms with van der Waals surface area (Å²) >= 11 is 0. The van der Waals surface area contributed by atoms with Crippen LogP contribution in [-0.4, -0.2) is 17.9 Å². The molecule has 0 saturated heterocycles. The summed E-state index contributed by atoms with van der Waals surface area (Å²) in [5, 5.41) is 5.68. The summed E-state index contributed by atoms with van der Waals surface area (Å²) in [6, 6.07) is 14.4. The van der Waals surface area contributed by atoms with E-state index in [0.717, 1.165) is 5.56 Å². The fourth-order valence-corrected chi connectivity index (χ4v) is 2.12. The minimum Gasteiger partial charge on any atom is -0.350 e. The summed E-state index contributed by atoms with van der Waals surface area (Å²) in [7, 11) is 0. The minimum absolute atomic E-state index is 0.0652. The topological polar surface area (TPSA) is 58.2 Å². The van der Waals surface area contributed by atoms with Gasteiger partial charge in [-0.3, -0.25) is 9.59 Å². The van der Waals surface area contributed by atoms with Crippen molar-refractivity contribution in [2.24, 2.45) is 0 Å². The number of carbonyl (C=O) groups excluding carboxylic acids is 2. The molecule has 0 aliphatic rings. The van der Waals surface area contributed by atoms with Crippen LogP contribution in [0.5, 0.6) is 0 Å². The van der Waals surface area contributed by atoms with E-state index < -0.39 is 0 Å². The first-order valence-electron chi connectivity index (χ1n) is 7.24. The number of aryl methyl sites for hydroxylation is 1. The third-order valence-electron chi connectivity index (χ3n) is 3.05. The Morgan fingerprint density at radius 2 is 1.59 bits per heavy atom. The van der Waals surface area contributed by atoms with E-state index in [1.807, 2.05) is 45.0 Å². The predicted molar refractivity (Wildman–Crippen MR) is 88.2 cm³/mol. The van der Waals surface area contributed by atoms with Crippen molar-refractivity contribution in [2.45, 2.75) is 26.8 Å². The highest BCUT2D eigenvalue weighted by molar-refractivity contribution is 6.05. The van der Waals surface area contributed by atoms with Crippen molar-refractivity contribution < 1.29 is 9.59 Å². The number of nitrogens with one attached hydrogen (secondary N) is 2. The zero-order valence-corrected chi connectivity index (χ0v) is 13.0. The molecular formula is C18H20N2O2. The van der Waals surface area contributed by atoms with E-state index in [9.17, 15) is 9.59 Å². The molecule has 114 valence electrons. The summed E-state index contributed by atoms with van der Waals surface area (Å²) in [5.74, 6) is -0.338. The average molecular weight is 296 g/mol. The maximum absolute atomic E-state index is 12.2. The van der Waals surface area contributed by atoms with Gasteiger partial charge in [-0.05, 0) is 56.7 Å². The SMILES string of the molecule is Cc1cc(NC(=O)c2ccccc2)cc(C(=O)NC(C)C)c1. The Hall–Kier alpha value is -2.62. The van der Waals surface area contributed by atoms with Crippen molar-refractivity contribution >= 4 is 17.5 Å². The first-order chi connectivity index (χ1) is 10.5. The first-order valence-corrected chi connectivity index (χ1v) is 7.24. The van der Waals surface area contributed by atoms with Crippen LogP contribution in [-0.2, 0) is 0 Å². The van der Waals surface area contributed by atoms with Gasteiger partial charge >= 0.3 is 0 Å². The van der Waals surface area contributed by atoms with Gasteiger partial charge in [0, 0.05) is 22.9 Å². The molecule has 0 aliphatic heterocycles. The van der Waals surface area contributed by atoms with Gasteiger partial charge in [0.1, 0.15) is 0 Å². The molecule has 2 N–H and O–H groups in total. The number of rotatable bonds is 4. The van der Waals surface area contributed by atoms with E-state index in [-0.39, 0.29) is 17.9 Å². The van der Waals surface area contributed by atoms with Crippen LogP contribution < -0.4 is 10.6 Å². The molecule has 4 nitrogen and oxygen atoms in total. The molecule has 4 heteroatoms. The summed E-state index contributed by atoms with van der Waals surface area (Å²) in [6.07, 6.45) is 0. The van der Waals surface area contributed by atoms with Gasteiger partial charge in [0.2, 0.25) is 0 Å². The molecule has 0 bridgehead atoms. The highest BCUT2D eigenvalue weighted by atomic mass is 16.2. The fraction of sp³-hybridized carbons (Fsp3) is 0.222. The molecule has 2 rings (SSSR count). The standard InChI is InChI=1S/C18H20N2O2/c1-12(2)19-18(22)15-9-13(3)10-16(11-15)20-17(21)14-7-5-4-6-8-14/h4-12H,1-3H3,(H,19,22)(H,20,21). The zero-order chi connectivity index (χ0) is 16.1. The summed E-state index contributed by atoms with van der Waals surface area (Å²) in [6.45, 7) is 5.71. The van der Waals surface area contributed by atoms with Crippen molar-refractivity contribution in [3.8, 4) is 0 Å². The fourth-order valence-electron chi connectivity index (χ4n) is 2.12. The Balaban J connectivity index is 2.20. The Bertz CT molecular complexity index is 679. The number of anilines is 1. The molecule has 0 unspecified atom stereocenters. The van der Waals surface area contributed by atoms with Crippen LogP contribution in [0.25, 0.3) is 0 Å². The van der Waals surface area contributed by atoms with Gasteiger partial charge in [-0.1, -0.05) is 18.2 Å². The summed E-state index contributed by atoms with van der Waals surface area (Å²) in [4.78, 5) is 24.3. The Morgan fingerprint density at radius 3 is 2.23 bits per heavy atom. The zero-order valence-electron chi connectivity index (χ0n) is 13.0. The average Bonchev–Trinajstić information content (AvgIpc) is 2.46. The van der Waals surface area contributed by atoms with Crippen molar-refractivity contribution in [2.75, 3.05) is 5.32 Å².